The minimum atomic E-state index is 0. The van der Waals surface area contributed by atoms with E-state index in [0.717, 1.165) is 11.6 Å². The quantitative estimate of drug-likeness (QED) is 0.631. The van der Waals surface area contributed by atoms with Crippen molar-refractivity contribution in [3.05, 3.63) is 53.6 Å². The molecule has 0 spiro atoms. The first-order valence-corrected chi connectivity index (χ1v) is 7.12. The second kappa shape index (κ2) is 5.68. The predicted molar refractivity (Wildman–Crippen MR) is 78.1 cm³/mol. The van der Waals surface area contributed by atoms with E-state index in [1.165, 1.54) is 21.3 Å². The molecule has 0 fully saturated rings. The van der Waals surface area contributed by atoms with E-state index in [2.05, 4.69) is 47.3 Å². The highest BCUT2D eigenvalue weighted by atomic mass is 35.5. The molecule has 3 rings (SSSR count). The Bertz CT molecular complexity index is 694. The van der Waals surface area contributed by atoms with Crippen molar-refractivity contribution >= 4 is 34.0 Å². The molecule has 0 amide bonds. The molecule has 3 aromatic rings. The van der Waals surface area contributed by atoms with E-state index in [0.29, 0.717) is 0 Å². The number of nitrogens with zero attached hydrogens (tertiary/aromatic N) is 1. The Balaban J connectivity index is 0.00000133. The minimum Gasteiger partial charge on any atom is -1.00 e. The number of fused-ring (bicyclic) bond motifs is 1. The van der Waals surface area contributed by atoms with Gasteiger partial charge in [0.05, 0.1) is 5.39 Å². The van der Waals surface area contributed by atoms with Gasteiger partial charge in [0, 0.05) is 11.1 Å². The van der Waals surface area contributed by atoms with Crippen LogP contribution in [0.1, 0.15) is 6.92 Å². The van der Waals surface area contributed by atoms with E-state index in [1.807, 2.05) is 12.1 Å². The van der Waals surface area contributed by atoms with E-state index in [1.54, 1.807) is 11.5 Å². The predicted octanol–water partition coefficient (Wildman–Crippen LogP) is 1.53. The third-order valence-corrected chi connectivity index (χ3v) is 4.55. The first kappa shape index (κ1) is 14.0. The van der Waals surface area contributed by atoms with Crippen LogP contribution in [0.15, 0.2) is 48.5 Å². The molecule has 1 aromatic heterocycles. The lowest BCUT2D eigenvalue weighted by molar-refractivity contribution is -0.598. The van der Waals surface area contributed by atoms with Crippen molar-refractivity contribution < 1.29 is 8.66 Å². The van der Waals surface area contributed by atoms with Crippen LogP contribution in [0.2, 0.25) is 5.02 Å². The maximum absolute atomic E-state index is 6.13. The molecule has 0 unspecified atom stereocenters. The van der Waals surface area contributed by atoms with Crippen molar-refractivity contribution in [3.63, 3.8) is 0 Å². The molecule has 0 radical (unpaired) electrons. The summed E-state index contributed by atoms with van der Waals surface area (Å²) in [4.78, 5) is 1.29. The van der Waals surface area contributed by atoms with Gasteiger partial charge in [-0.1, -0.05) is 41.9 Å². The van der Waals surface area contributed by atoms with Gasteiger partial charge in [0.15, 0.2) is 6.54 Å². The molecular weight excluding hydrogens is 281 g/mol. The maximum atomic E-state index is 6.13. The van der Waals surface area contributed by atoms with Gasteiger partial charge >= 0.3 is 0 Å². The summed E-state index contributed by atoms with van der Waals surface area (Å²) in [6, 6.07) is 16.6. The number of halogens is 2. The molecule has 0 aliphatic carbocycles. The van der Waals surface area contributed by atoms with Crippen LogP contribution in [0.25, 0.3) is 21.3 Å². The van der Waals surface area contributed by atoms with Gasteiger partial charge in [-0.25, -0.2) is 0 Å². The first-order chi connectivity index (χ1) is 8.79. The van der Waals surface area contributed by atoms with Crippen molar-refractivity contribution in [3.8, 4) is 10.4 Å². The number of hydrogen-bond donors (Lipinski definition) is 0. The molecule has 1 heterocycles. The molecule has 0 N–H and O–H groups in total. The zero-order valence-corrected chi connectivity index (χ0v) is 12.0. The fourth-order valence-corrected chi connectivity index (χ4v) is 3.43. The number of rotatable bonds is 2. The Morgan fingerprint density at radius 2 is 1.84 bits per heavy atom. The molecule has 0 aliphatic rings. The number of aromatic nitrogens is 1. The van der Waals surface area contributed by atoms with Crippen LogP contribution in [0.4, 0.5) is 0 Å². The van der Waals surface area contributed by atoms with Gasteiger partial charge < -0.3 is 4.70 Å². The minimum absolute atomic E-state index is 0. The third kappa shape index (κ3) is 2.48. The second-order valence-electron chi connectivity index (χ2n) is 4.14. The van der Waals surface area contributed by atoms with Crippen LogP contribution < -0.4 is 8.66 Å². The van der Waals surface area contributed by atoms with Crippen molar-refractivity contribution in [2.75, 3.05) is 0 Å². The van der Waals surface area contributed by atoms with Gasteiger partial charge in [0.25, 0.3) is 0 Å². The topological polar surface area (TPSA) is 3.88 Å². The summed E-state index contributed by atoms with van der Waals surface area (Å²) < 4.78 is 2.30. The molecule has 4 heteroatoms. The van der Waals surface area contributed by atoms with E-state index < -0.39 is 0 Å². The second-order valence-corrected chi connectivity index (χ2v) is 5.61. The Hall–Kier alpha value is -1.45. The van der Waals surface area contributed by atoms with Crippen LogP contribution in [0.5, 0.6) is 0 Å². The molecular formula is C15H13ClFNS. The van der Waals surface area contributed by atoms with Gasteiger partial charge in [-0.2, -0.15) is 0 Å². The number of aryl methyl sites for hydroxylation is 1. The summed E-state index contributed by atoms with van der Waals surface area (Å²) in [6.45, 7) is 3.15. The average Bonchev–Trinajstić information content (AvgIpc) is 2.77. The van der Waals surface area contributed by atoms with Crippen molar-refractivity contribution in [1.29, 1.82) is 0 Å². The maximum Gasteiger partial charge on any atom is 0.227 e. The summed E-state index contributed by atoms with van der Waals surface area (Å²) in [6.07, 6.45) is 0. The molecule has 19 heavy (non-hydrogen) atoms. The van der Waals surface area contributed by atoms with Gasteiger partial charge in [-0.05, 0) is 24.6 Å². The van der Waals surface area contributed by atoms with Gasteiger partial charge in [0.2, 0.25) is 5.52 Å². The van der Waals surface area contributed by atoms with Crippen LogP contribution >= 0.6 is 23.1 Å². The first-order valence-electron chi connectivity index (χ1n) is 5.97. The molecule has 0 atom stereocenters. The van der Waals surface area contributed by atoms with E-state index in [9.17, 15) is 0 Å². The molecule has 0 aliphatic heterocycles. The van der Waals surface area contributed by atoms with Gasteiger partial charge in [0.1, 0.15) is 16.4 Å². The van der Waals surface area contributed by atoms with Gasteiger partial charge in [-0.3, -0.25) is 0 Å². The Kier molecular flexibility index (Phi) is 4.17. The smallest absolute Gasteiger partial charge is 0.227 e. The van der Waals surface area contributed by atoms with Crippen molar-refractivity contribution in [1.82, 2.24) is 0 Å². The van der Waals surface area contributed by atoms with E-state index >= 15 is 0 Å². The van der Waals surface area contributed by atoms with Crippen LogP contribution in [-0.4, -0.2) is 0 Å². The Labute approximate surface area is 120 Å². The molecule has 98 valence electrons. The molecule has 1 nitrogen and oxygen atoms in total. The normalized spacial score (nSPS) is 10.4. The summed E-state index contributed by atoms with van der Waals surface area (Å²) in [5.41, 5.74) is 2.51. The lowest BCUT2D eigenvalue weighted by Gasteiger charge is -1.94. The van der Waals surface area contributed by atoms with Crippen molar-refractivity contribution in [2.24, 2.45) is 0 Å². The summed E-state index contributed by atoms with van der Waals surface area (Å²) in [5.74, 6) is 0. The van der Waals surface area contributed by atoms with E-state index in [4.69, 9.17) is 11.6 Å². The monoisotopic (exact) mass is 293 g/mol. The summed E-state index contributed by atoms with van der Waals surface area (Å²) in [7, 11) is 0. The third-order valence-electron chi connectivity index (χ3n) is 3.00. The van der Waals surface area contributed by atoms with Crippen LogP contribution in [0.3, 0.4) is 0 Å². The number of benzene rings is 2. The highest BCUT2D eigenvalue weighted by Gasteiger charge is 2.18. The van der Waals surface area contributed by atoms with Gasteiger partial charge in [-0.15, -0.1) is 3.96 Å². The lowest BCUT2D eigenvalue weighted by Crippen LogP contribution is -3.00. The Morgan fingerprint density at radius 1 is 1.11 bits per heavy atom. The molecule has 0 bridgehead atoms. The van der Waals surface area contributed by atoms with Crippen LogP contribution in [-0.2, 0) is 6.54 Å². The zero-order chi connectivity index (χ0) is 12.5. The highest BCUT2D eigenvalue weighted by molar-refractivity contribution is 7.07. The van der Waals surface area contributed by atoms with Crippen LogP contribution in [0, 0.1) is 0 Å². The zero-order valence-electron chi connectivity index (χ0n) is 10.4. The number of hydrogen-bond acceptors (Lipinski definition) is 1. The molecule has 2 aromatic carbocycles. The fourth-order valence-electron chi connectivity index (χ4n) is 2.15. The summed E-state index contributed by atoms with van der Waals surface area (Å²) in [5, 5.41) is 2.03. The SMILES string of the molecule is CC[n+]1sc(-c2ccccc2)c2cc(Cl)ccc21.[F-]. The highest BCUT2D eigenvalue weighted by Crippen LogP contribution is 2.32. The molecule has 0 saturated carbocycles. The standard InChI is InChI=1S/C15H13ClNS.FH/c1-2-17-14-9-8-12(16)10-13(14)15(18-17)11-6-4-3-5-7-11;/h3-10H,2H2,1H3;1H/q+1;/p-1. The van der Waals surface area contributed by atoms with E-state index in [-0.39, 0.29) is 4.70 Å². The largest absolute Gasteiger partial charge is 1.00 e. The Morgan fingerprint density at radius 3 is 2.53 bits per heavy atom. The molecule has 0 saturated heterocycles. The van der Waals surface area contributed by atoms with Crippen molar-refractivity contribution in [2.45, 2.75) is 13.5 Å². The lowest BCUT2D eigenvalue weighted by atomic mass is 10.1. The fraction of sp³-hybridized carbons (Fsp3) is 0.133. The summed E-state index contributed by atoms with van der Waals surface area (Å²) >= 11 is 7.92. The average molecular weight is 294 g/mol.